The van der Waals surface area contributed by atoms with Crippen molar-refractivity contribution in [2.24, 2.45) is 0 Å². The van der Waals surface area contributed by atoms with Crippen molar-refractivity contribution in [3.05, 3.63) is 29.8 Å². The molecule has 2 rings (SSSR count). The van der Waals surface area contributed by atoms with E-state index in [1.807, 2.05) is 17.0 Å². The van der Waals surface area contributed by atoms with Crippen LogP contribution < -0.4 is 10.2 Å². The molecule has 3 nitrogen and oxygen atoms in total. The van der Waals surface area contributed by atoms with Crippen molar-refractivity contribution in [3.8, 4) is 0 Å². The van der Waals surface area contributed by atoms with Crippen molar-refractivity contribution in [1.82, 2.24) is 5.32 Å². The molecule has 1 aromatic carbocycles. The van der Waals surface area contributed by atoms with Crippen LogP contribution in [0.5, 0.6) is 0 Å². The van der Waals surface area contributed by atoms with Crippen molar-refractivity contribution < 1.29 is 4.79 Å². The molecule has 1 heterocycles. The molecule has 3 heteroatoms. The second kappa shape index (κ2) is 6.71. The van der Waals surface area contributed by atoms with Gasteiger partial charge in [0.25, 0.3) is 0 Å². The van der Waals surface area contributed by atoms with Crippen molar-refractivity contribution >= 4 is 11.6 Å². The van der Waals surface area contributed by atoms with Crippen LogP contribution in [0.15, 0.2) is 24.3 Å². The molecule has 0 spiro atoms. The first-order valence-electron chi connectivity index (χ1n) is 7.40. The lowest BCUT2D eigenvalue weighted by Gasteiger charge is -2.33. The van der Waals surface area contributed by atoms with Gasteiger partial charge in [0.1, 0.15) is 0 Å². The molecule has 1 atom stereocenters. The number of hydrogen-bond acceptors (Lipinski definition) is 2. The number of carbonyl (C=O) groups excluding carboxylic acids is 1. The van der Waals surface area contributed by atoms with E-state index in [2.05, 4.69) is 31.3 Å². The highest BCUT2D eigenvalue weighted by Gasteiger charge is 2.28. The summed E-state index contributed by atoms with van der Waals surface area (Å²) in [4.78, 5) is 14.4. The smallest absolute Gasteiger partial charge is 0.244 e. The number of anilines is 1. The summed E-state index contributed by atoms with van der Waals surface area (Å²) in [7, 11) is 0. The normalized spacial score (nSPS) is 19.8. The highest BCUT2D eigenvalue weighted by Crippen LogP contribution is 2.22. The Morgan fingerprint density at radius 1 is 1.37 bits per heavy atom. The average molecular weight is 260 g/mol. The summed E-state index contributed by atoms with van der Waals surface area (Å²) in [6.45, 7) is 6.03. The van der Waals surface area contributed by atoms with Gasteiger partial charge in [0.15, 0.2) is 0 Å². The largest absolute Gasteiger partial charge is 0.311 e. The minimum absolute atomic E-state index is 0.000942. The molecule has 1 saturated heterocycles. The average Bonchev–Trinajstić information content (AvgIpc) is 2.46. The lowest BCUT2D eigenvalue weighted by molar-refractivity contribution is -0.121. The maximum atomic E-state index is 12.5. The number of nitrogens with zero attached hydrogens (tertiary/aromatic N) is 1. The molecule has 0 radical (unpaired) electrons. The topological polar surface area (TPSA) is 32.3 Å². The number of benzene rings is 1. The predicted octanol–water partition coefficient (Wildman–Crippen LogP) is 2.74. The van der Waals surface area contributed by atoms with Crippen molar-refractivity contribution in [3.63, 3.8) is 0 Å². The maximum absolute atomic E-state index is 12.5. The molecule has 19 heavy (non-hydrogen) atoms. The lowest BCUT2D eigenvalue weighted by Crippen LogP contribution is -2.51. The molecule has 1 aliphatic rings. The van der Waals surface area contributed by atoms with Crippen LogP contribution in [0.4, 0.5) is 5.69 Å². The Hall–Kier alpha value is -1.35. The zero-order valence-electron chi connectivity index (χ0n) is 12.0. The van der Waals surface area contributed by atoms with Crippen LogP contribution in [0.1, 0.15) is 38.7 Å². The van der Waals surface area contributed by atoms with Gasteiger partial charge in [0, 0.05) is 12.2 Å². The van der Waals surface area contributed by atoms with Crippen molar-refractivity contribution in [1.29, 1.82) is 0 Å². The highest BCUT2D eigenvalue weighted by atomic mass is 16.2. The summed E-state index contributed by atoms with van der Waals surface area (Å²) >= 11 is 0. The molecule has 1 aromatic rings. The van der Waals surface area contributed by atoms with Crippen LogP contribution in [0.3, 0.4) is 0 Å². The van der Waals surface area contributed by atoms with Gasteiger partial charge in [-0.15, -0.1) is 0 Å². The van der Waals surface area contributed by atoms with Crippen LogP contribution in [0.25, 0.3) is 0 Å². The van der Waals surface area contributed by atoms with Crippen LogP contribution in [-0.4, -0.2) is 25.0 Å². The van der Waals surface area contributed by atoms with Gasteiger partial charge in [0.05, 0.1) is 6.04 Å². The molecule has 104 valence electrons. The van der Waals surface area contributed by atoms with E-state index in [9.17, 15) is 4.79 Å². The van der Waals surface area contributed by atoms with Crippen molar-refractivity contribution in [2.45, 2.75) is 45.6 Å². The summed E-state index contributed by atoms with van der Waals surface area (Å²) in [6.07, 6.45) is 4.11. The molecule has 0 saturated carbocycles. The maximum Gasteiger partial charge on any atom is 0.244 e. The molecule has 1 unspecified atom stereocenters. The minimum Gasteiger partial charge on any atom is -0.311 e. The van der Waals surface area contributed by atoms with Crippen LogP contribution >= 0.6 is 0 Å². The van der Waals surface area contributed by atoms with Crippen LogP contribution in [0.2, 0.25) is 0 Å². The molecular weight excluding hydrogens is 236 g/mol. The Morgan fingerprint density at radius 2 is 2.21 bits per heavy atom. The lowest BCUT2D eigenvalue weighted by atomic mass is 10.0. The second-order valence-corrected chi connectivity index (χ2v) is 5.16. The Bertz CT molecular complexity index is 431. The monoisotopic (exact) mass is 260 g/mol. The van der Waals surface area contributed by atoms with Gasteiger partial charge in [-0.2, -0.15) is 0 Å². The fourth-order valence-electron chi connectivity index (χ4n) is 2.58. The molecule has 1 fully saturated rings. The quantitative estimate of drug-likeness (QED) is 0.883. The number of rotatable bonds is 5. The van der Waals surface area contributed by atoms with Crippen LogP contribution in [-0.2, 0) is 11.2 Å². The third-order valence-electron chi connectivity index (χ3n) is 3.71. The number of carbonyl (C=O) groups is 1. The van der Waals surface area contributed by atoms with E-state index in [4.69, 9.17) is 0 Å². The van der Waals surface area contributed by atoms with Gasteiger partial charge in [0.2, 0.25) is 5.91 Å². The summed E-state index contributed by atoms with van der Waals surface area (Å²) in [5, 5.41) is 3.36. The van der Waals surface area contributed by atoms with E-state index in [-0.39, 0.29) is 11.9 Å². The molecule has 1 aliphatic heterocycles. The Balaban J connectivity index is 2.12. The van der Waals surface area contributed by atoms with Gasteiger partial charge in [-0.05, 0) is 49.9 Å². The number of hydrogen-bond donors (Lipinski definition) is 1. The Kier molecular flexibility index (Phi) is 4.97. The van der Waals surface area contributed by atoms with E-state index in [1.165, 1.54) is 5.56 Å². The summed E-state index contributed by atoms with van der Waals surface area (Å²) in [5.41, 5.74) is 2.33. The SMILES string of the molecule is CCCNC1CCCN(c2cccc(CC)c2)C1=O. The number of amides is 1. The Labute approximate surface area is 116 Å². The van der Waals surface area contributed by atoms with Gasteiger partial charge in [-0.1, -0.05) is 26.0 Å². The van der Waals surface area contributed by atoms with Crippen LogP contribution in [0, 0.1) is 0 Å². The molecular formula is C16H24N2O. The van der Waals surface area contributed by atoms with Gasteiger partial charge in [-0.3, -0.25) is 4.79 Å². The highest BCUT2D eigenvalue weighted by molar-refractivity contribution is 5.98. The fraction of sp³-hybridized carbons (Fsp3) is 0.562. The summed E-state index contributed by atoms with van der Waals surface area (Å²) < 4.78 is 0. The van der Waals surface area contributed by atoms with Gasteiger partial charge >= 0.3 is 0 Å². The molecule has 0 aliphatic carbocycles. The number of nitrogens with one attached hydrogen (secondary N) is 1. The first-order chi connectivity index (χ1) is 9.26. The first-order valence-corrected chi connectivity index (χ1v) is 7.40. The third kappa shape index (κ3) is 3.35. The summed E-state index contributed by atoms with van der Waals surface area (Å²) in [5.74, 6) is 0.230. The number of aryl methyl sites for hydroxylation is 1. The van der Waals surface area contributed by atoms with Crippen molar-refractivity contribution in [2.75, 3.05) is 18.0 Å². The molecule has 0 aromatic heterocycles. The molecule has 1 amide bonds. The predicted molar refractivity (Wildman–Crippen MR) is 79.5 cm³/mol. The fourth-order valence-corrected chi connectivity index (χ4v) is 2.58. The standard InChI is InChI=1S/C16H24N2O/c1-3-10-17-15-9-6-11-18(16(15)19)14-8-5-7-13(4-2)12-14/h5,7-8,12,15,17H,3-4,6,9-11H2,1-2H3. The Morgan fingerprint density at radius 3 is 2.95 bits per heavy atom. The minimum atomic E-state index is -0.000942. The van der Waals surface area contributed by atoms with Gasteiger partial charge in [-0.25, -0.2) is 0 Å². The zero-order chi connectivity index (χ0) is 13.7. The third-order valence-corrected chi connectivity index (χ3v) is 3.71. The first kappa shape index (κ1) is 14.1. The van der Waals surface area contributed by atoms with E-state index in [0.717, 1.165) is 44.5 Å². The van der Waals surface area contributed by atoms with E-state index in [0.29, 0.717) is 0 Å². The molecule has 0 bridgehead atoms. The summed E-state index contributed by atoms with van der Waals surface area (Å²) in [6, 6.07) is 8.34. The zero-order valence-corrected chi connectivity index (χ0v) is 12.0. The van der Waals surface area contributed by atoms with E-state index < -0.39 is 0 Å². The number of piperidine rings is 1. The van der Waals surface area contributed by atoms with Gasteiger partial charge < -0.3 is 10.2 Å². The van der Waals surface area contributed by atoms with E-state index >= 15 is 0 Å². The molecule has 1 N–H and O–H groups in total. The second-order valence-electron chi connectivity index (χ2n) is 5.16. The van der Waals surface area contributed by atoms with E-state index in [1.54, 1.807) is 0 Å².